The zero-order valence-corrected chi connectivity index (χ0v) is 10.9. The summed E-state index contributed by atoms with van der Waals surface area (Å²) in [6.07, 6.45) is 0.895. The lowest BCUT2D eigenvalue weighted by molar-refractivity contribution is -0.285. The molecule has 1 fully saturated rings. The Kier molecular flexibility index (Phi) is 4.46. The first kappa shape index (κ1) is 13.6. The van der Waals surface area contributed by atoms with Gasteiger partial charge in [-0.2, -0.15) is 11.8 Å². The lowest BCUT2D eigenvalue weighted by atomic mass is 10.1. The van der Waals surface area contributed by atoms with Gasteiger partial charge in [0, 0.05) is 12.8 Å². The number of nitrogens with zero attached hydrogens (tertiary/aromatic N) is 1. The highest BCUT2D eigenvalue weighted by molar-refractivity contribution is 7.98. The van der Waals surface area contributed by atoms with E-state index in [0.29, 0.717) is 6.61 Å². The molecule has 94 valence electrons. The summed E-state index contributed by atoms with van der Waals surface area (Å²) in [6.45, 7) is 4.07. The third-order valence-corrected chi connectivity index (χ3v) is 3.26. The molecule has 0 radical (unpaired) electrons. The van der Waals surface area contributed by atoms with Gasteiger partial charge in [-0.25, -0.2) is 4.79 Å². The monoisotopic (exact) mass is 249 g/mol. The Morgan fingerprint density at radius 3 is 2.75 bits per heavy atom. The normalized spacial score (nSPS) is 28.8. The van der Waals surface area contributed by atoms with E-state index in [1.54, 1.807) is 18.8 Å². The second-order valence-electron chi connectivity index (χ2n) is 4.28. The Morgan fingerprint density at radius 2 is 2.25 bits per heavy atom. The van der Waals surface area contributed by atoms with Crippen molar-refractivity contribution in [1.29, 1.82) is 0 Å². The minimum absolute atomic E-state index is 0.125. The average molecular weight is 249 g/mol. The maximum Gasteiger partial charge on any atom is 0.407 e. The molecule has 0 aliphatic carbocycles. The summed E-state index contributed by atoms with van der Waals surface area (Å²) in [6, 6.07) is -0.238. The molecule has 0 aromatic rings. The fraction of sp³-hybridized carbons (Fsp3) is 0.900. The predicted octanol–water partition coefficient (Wildman–Crippen LogP) is 1.48. The number of carbonyl (C=O) groups is 1. The van der Waals surface area contributed by atoms with E-state index < -0.39 is 11.9 Å². The smallest absolute Gasteiger partial charge is 0.407 e. The van der Waals surface area contributed by atoms with Gasteiger partial charge in [0.1, 0.15) is 0 Å². The Labute approximate surface area is 100 Å². The number of likely N-dealkylation sites (N-methyl/N-ethyl adjacent to an activating group) is 1. The average Bonchev–Trinajstić information content (AvgIpc) is 2.16. The molecule has 1 N–H and O–H groups in total. The van der Waals surface area contributed by atoms with E-state index in [9.17, 15) is 4.79 Å². The minimum atomic E-state index is -0.956. The van der Waals surface area contributed by atoms with E-state index in [4.69, 9.17) is 14.6 Å². The maximum absolute atomic E-state index is 10.9. The Balaban J connectivity index is 2.72. The molecule has 1 saturated heterocycles. The van der Waals surface area contributed by atoms with Gasteiger partial charge in [-0.05, 0) is 20.1 Å². The number of carboxylic acid groups (broad SMARTS) is 1. The first-order valence-electron chi connectivity index (χ1n) is 5.14. The largest absolute Gasteiger partial charge is 0.465 e. The molecule has 2 atom stereocenters. The van der Waals surface area contributed by atoms with Gasteiger partial charge in [0.25, 0.3) is 0 Å². The summed E-state index contributed by atoms with van der Waals surface area (Å²) in [5.74, 6) is 0.130. The summed E-state index contributed by atoms with van der Waals surface area (Å²) >= 11 is 1.64. The van der Waals surface area contributed by atoms with Crippen LogP contribution in [0.1, 0.15) is 13.8 Å². The molecule has 0 saturated carbocycles. The first-order chi connectivity index (χ1) is 7.37. The van der Waals surface area contributed by atoms with Gasteiger partial charge < -0.3 is 19.5 Å². The number of amides is 1. The van der Waals surface area contributed by atoms with Gasteiger partial charge in [0.05, 0.1) is 18.8 Å². The zero-order chi connectivity index (χ0) is 12.3. The molecular weight excluding hydrogens is 230 g/mol. The third kappa shape index (κ3) is 3.26. The van der Waals surface area contributed by atoms with Crippen LogP contribution < -0.4 is 0 Å². The summed E-state index contributed by atoms with van der Waals surface area (Å²) < 4.78 is 11.2. The van der Waals surface area contributed by atoms with Crippen molar-refractivity contribution in [3.8, 4) is 0 Å². The molecule has 0 aromatic heterocycles. The van der Waals surface area contributed by atoms with Crippen LogP contribution in [0.3, 0.4) is 0 Å². The standard InChI is InChI=1S/C10H19NO4S/c1-10(2)14-5-7(11(3)9(12)13)8(15-10)6-16-4/h7-8H,5-6H2,1-4H3,(H,12,13). The van der Waals surface area contributed by atoms with Gasteiger partial charge in [0.15, 0.2) is 5.79 Å². The van der Waals surface area contributed by atoms with Crippen molar-refractivity contribution in [2.24, 2.45) is 0 Å². The molecule has 5 nitrogen and oxygen atoms in total. The summed E-state index contributed by atoms with van der Waals surface area (Å²) in [4.78, 5) is 12.2. The third-order valence-electron chi connectivity index (χ3n) is 2.60. The maximum atomic E-state index is 10.9. The lowest BCUT2D eigenvalue weighted by Gasteiger charge is -2.43. The lowest BCUT2D eigenvalue weighted by Crippen LogP contribution is -2.57. The van der Waals surface area contributed by atoms with Gasteiger partial charge in [-0.3, -0.25) is 0 Å². The van der Waals surface area contributed by atoms with Crippen molar-refractivity contribution >= 4 is 17.9 Å². The van der Waals surface area contributed by atoms with E-state index in [1.807, 2.05) is 20.1 Å². The second kappa shape index (κ2) is 5.25. The summed E-state index contributed by atoms with van der Waals surface area (Å²) in [5.41, 5.74) is 0. The molecule has 1 rings (SSSR count). The van der Waals surface area contributed by atoms with Crippen molar-refractivity contribution in [1.82, 2.24) is 4.90 Å². The van der Waals surface area contributed by atoms with Crippen molar-refractivity contribution in [3.05, 3.63) is 0 Å². The van der Waals surface area contributed by atoms with Crippen LogP contribution in [0.25, 0.3) is 0 Å². The highest BCUT2D eigenvalue weighted by Gasteiger charge is 2.39. The van der Waals surface area contributed by atoms with E-state index in [1.165, 1.54) is 4.90 Å². The van der Waals surface area contributed by atoms with Gasteiger partial charge in [-0.15, -0.1) is 0 Å². The van der Waals surface area contributed by atoms with Crippen molar-refractivity contribution < 1.29 is 19.4 Å². The minimum Gasteiger partial charge on any atom is -0.465 e. The Hall–Kier alpha value is -0.460. The molecule has 1 aliphatic heterocycles. The molecular formula is C10H19NO4S. The van der Waals surface area contributed by atoms with Gasteiger partial charge in [0.2, 0.25) is 0 Å². The molecule has 1 heterocycles. The van der Waals surface area contributed by atoms with E-state index in [2.05, 4.69) is 0 Å². The molecule has 1 amide bonds. The Morgan fingerprint density at radius 1 is 1.62 bits per heavy atom. The van der Waals surface area contributed by atoms with Crippen LogP contribution in [0.2, 0.25) is 0 Å². The van der Waals surface area contributed by atoms with Crippen LogP contribution in [-0.4, -0.2) is 59.7 Å². The van der Waals surface area contributed by atoms with Crippen molar-refractivity contribution in [2.75, 3.05) is 25.7 Å². The van der Waals surface area contributed by atoms with Crippen LogP contribution in [0.5, 0.6) is 0 Å². The first-order valence-corrected chi connectivity index (χ1v) is 6.53. The number of thioether (sulfide) groups is 1. The molecule has 16 heavy (non-hydrogen) atoms. The summed E-state index contributed by atoms with van der Waals surface area (Å²) in [5, 5.41) is 8.96. The van der Waals surface area contributed by atoms with Gasteiger partial charge >= 0.3 is 6.09 Å². The SMILES string of the molecule is CSCC1OC(C)(C)OCC1N(C)C(=O)O. The van der Waals surface area contributed by atoms with Crippen LogP contribution >= 0.6 is 11.8 Å². The summed E-state index contributed by atoms with van der Waals surface area (Å²) in [7, 11) is 1.55. The highest BCUT2D eigenvalue weighted by Crippen LogP contribution is 2.26. The van der Waals surface area contributed by atoms with Crippen molar-refractivity contribution in [3.63, 3.8) is 0 Å². The molecule has 0 spiro atoms. The molecule has 6 heteroatoms. The van der Waals surface area contributed by atoms with E-state index >= 15 is 0 Å². The number of hydrogen-bond acceptors (Lipinski definition) is 4. The quantitative estimate of drug-likeness (QED) is 0.821. The van der Waals surface area contributed by atoms with Gasteiger partial charge in [-0.1, -0.05) is 0 Å². The van der Waals surface area contributed by atoms with Crippen LogP contribution in [0, 0.1) is 0 Å². The van der Waals surface area contributed by atoms with E-state index in [-0.39, 0.29) is 12.1 Å². The molecule has 2 unspecified atom stereocenters. The fourth-order valence-electron chi connectivity index (χ4n) is 1.68. The molecule has 0 aromatic carbocycles. The molecule has 0 bridgehead atoms. The number of hydrogen-bond donors (Lipinski definition) is 1. The van der Waals surface area contributed by atoms with Crippen LogP contribution in [0.15, 0.2) is 0 Å². The number of rotatable bonds is 3. The van der Waals surface area contributed by atoms with Crippen LogP contribution in [0.4, 0.5) is 4.79 Å². The predicted molar refractivity (Wildman–Crippen MR) is 62.9 cm³/mol. The topological polar surface area (TPSA) is 59.0 Å². The molecule has 1 aliphatic rings. The second-order valence-corrected chi connectivity index (χ2v) is 5.19. The number of ether oxygens (including phenoxy) is 2. The van der Waals surface area contributed by atoms with Crippen LogP contribution in [-0.2, 0) is 9.47 Å². The highest BCUT2D eigenvalue weighted by atomic mass is 32.2. The Bertz CT molecular complexity index is 259. The zero-order valence-electron chi connectivity index (χ0n) is 10.1. The fourth-order valence-corrected chi connectivity index (χ4v) is 2.30. The van der Waals surface area contributed by atoms with Crippen molar-refractivity contribution in [2.45, 2.75) is 31.8 Å². The van der Waals surface area contributed by atoms with E-state index in [0.717, 1.165) is 5.75 Å².